The molecule has 0 radical (unpaired) electrons. The van der Waals surface area contributed by atoms with Crippen LogP contribution >= 0.6 is 0 Å². The first-order valence-corrected chi connectivity index (χ1v) is 12.9. The van der Waals surface area contributed by atoms with Crippen molar-refractivity contribution in [2.75, 3.05) is 26.2 Å². The quantitative estimate of drug-likeness (QED) is 0.728. The van der Waals surface area contributed by atoms with Crippen LogP contribution < -0.4 is 5.56 Å². The van der Waals surface area contributed by atoms with Gasteiger partial charge < -0.3 is 4.90 Å². The van der Waals surface area contributed by atoms with Crippen molar-refractivity contribution in [2.45, 2.75) is 64.3 Å². The Morgan fingerprint density at radius 3 is 2.73 bits per heavy atom. The number of allylic oxidation sites excluding steroid dienone is 2. The second kappa shape index (κ2) is 8.42. The van der Waals surface area contributed by atoms with Gasteiger partial charge in [-0.3, -0.25) is 19.6 Å². The van der Waals surface area contributed by atoms with Gasteiger partial charge in [0, 0.05) is 62.7 Å². The first kappa shape index (κ1) is 21.1. The van der Waals surface area contributed by atoms with E-state index >= 15 is 0 Å². The monoisotopic (exact) mass is 449 g/mol. The Balaban J connectivity index is 1.16. The van der Waals surface area contributed by atoms with E-state index in [-0.39, 0.29) is 11.5 Å². The number of nitrogens with zero attached hydrogens (tertiary/aromatic N) is 4. The van der Waals surface area contributed by atoms with Gasteiger partial charge in [-0.2, -0.15) is 0 Å². The third-order valence-corrected chi connectivity index (χ3v) is 8.43. The van der Waals surface area contributed by atoms with Crippen LogP contribution in [0.15, 0.2) is 23.0 Å². The van der Waals surface area contributed by atoms with Crippen molar-refractivity contribution in [3.63, 3.8) is 0 Å². The second-order valence-electron chi connectivity index (χ2n) is 10.8. The highest BCUT2D eigenvalue weighted by molar-refractivity contribution is 5.81. The minimum atomic E-state index is 0.0600. The number of aromatic amines is 1. The molecule has 0 aromatic carbocycles. The number of carbonyl (C=O) groups excluding carboxylic acids is 1. The highest BCUT2D eigenvalue weighted by Crippen LogP contribution is 2.40. The van der Waals surface area contributed by atoms with Gasteiger partial charge >= 0.3 is 0 Å². The molecule has 0 spiro atoms. The van der Waals surface area contributed by atoms with E-state index in [4.69, 9.17) is 4.98 Å². The normalized spacial score (nSPS) is 28.3. The van der Waals surface area contributed by atoms with Crippen LogP contribution in [0.2, 0.25) is 0 Å². The molecule has 4 heterocycles. The summed E-state index contributed by atoms with van der Waals surface area (Å²) in [6.07, 6.45) is 12.0. The van der Waals surface area contributed by atoms with E-state index in [1.165, 1.54) is 12.8 Å². The van der Waals surface area contributed by atoms with Crippen LogP contribution in [0.25, 0.3) is 5.65 Å². The average molecular weight is 450 g/mol. The number of nitrogens with one attached hydrogen (secondary N) is 1. The van der Waals surface area contributed by atoms with Crippen molar-refractivity contribution in [1.29, 1.82) is 0 Å². The molecule has 2 aromatic heterocycles. The van der Waals surface area contributed by atoms with Crippen LogP contribution in [-0.2, 0) is 17.8 Å². The highest BCUT2D eigenvalue weighted by Gasteiger charge is 2.42. The summed E-state index contributed by atoms with van der Waals surface area (Å²) in [4.78, 5) is 35.3. The molecule has 2 fully saturated rings. The predicted octanol–water partition coefficient (Wildman–Crippen LogP) is 3.10. The van der Waals surface area contributed by atoms with Gasteiger partial charge in [-0.05, 0) is 50.4 Å². The molecule has 2 aromatic rings. The number of fused-ring (bicyclic) bond motifs is 2. The summed E-state index contributed by atoms with van der Waals surface area (Å²) in [7, 11) is 0. The topological polar surface area (TPSA) is 73.7 Å². The third-order valence-electron chi connectivity index (χ3n) is 8.43. The van der Waals surface area contributed by atoms with Crippen molar-refractivity contribution in [3.8, 4) is 0 Å². The number of aromatic nitrogens is 3. The zero-order chi connectivity index (χ0) is 22.5. The van der Waals surface area contributed by atoms with Gasteiger partial charge in [0.2, 0.25) is 5.91 Å². The van der Waals surface area contributed by atoms with Crippen LogP contribution in [0, 0.1) is 17.8 Å². The van der Waals surface area contributed by atoms with Crippen LogP contribution in [0.4, 0.5) is 0 Å². The Morgan fingerprint density at radius 1 is 1.18 bits per heavy atom. The van der Waals surface area contributed by atoms with Crippen LogP contribution in [0.5, 0.6) is 0 Å². The van der Waals surface area contributed by atoms with Crippen molar-refractivity contribution in [2.24, 2.45) is 17.8 Å². The van der Waals surface area contributed by atoms with E-state index in [0.717, 1.165) is 80.9 Å². The molecule has 6 rings (SSSR count). The number of amides is 1. The maximum atomic E-state index is 13.4. The summed E-state index contributed by atoms with van der Waals surface area (Å²) in [5.74, 6) is 2.21. The molecule has 7 heteroatoms. The van der Waals surface area contributed by atoms with Gasteiger partial charge in [0.25, 0.3) is 5.56 Å². The van der Waals surface area contributed by atoms with Crippen molar-refractivity contribution >= 4 is 11.6 Å². The molecule has 1 saturated carbocycles. The highest BCUT2D eigenvalue weighted by atomic mass is 16.2. The summed E-state index contributed by atoms with van der Waals surface area (Å²) in [6, 6.07) is 2.06. The van der Waals surface area contributed by atoms with Gasteiger partial charge in [-0.25, -0.2) is 9.50 Å². The Kier molecular flexibility index (Phi) is 5.40. The molecule has 1 saturated heterocycles. The van der Waals surface area contributed by atoms with E-state index in [9.17, 15) is 9.59 Å². The smallest absolute Gasteiger partial charge is 0.277 e. The van der Waals surface area contributed by atoms with E-state index in [1.807, 2.05) is 4.90 Å². The van der Waals surface area contributed by atoms with Crippen molar-refractivity contribution in [1.82, 2.24) is 24.4 Å². The van der Waals surface area contributed by atoms with Gasteiger partial charge in [-0.1, -0.05) is 19.1 Å². The zero-order valence-corrected chi connectivity index (χ0v) is 19.6. The van der Waals surface area contributed by atoms with E-state index < -0.39 is 0 Å². The van der Waals surface area contributed by atoms with Crippen LogP contribution in [-0.4, -0.2) is 56.5 Å². The van der Waals surface area contributed by atoms with Crippen LogP contribution in [0.1, 0.15) is 68.3 Å². The van der Waals surface area contributed by atoms with Gasteiger partial charge in [0.05, 0.1) is 11.3 Å². The fourth-order valence-corrected chi connectivity index (χ4v) is 6.12. The number of carbonyl (C=O) groups is 1. The fraction of sp³-hybridized carbons (Fsp3) is 0.654. The zero-order valence-electron chi connectivity index (χ0n) is 19.6. The fourth-order valence-electron chi connectivity index (χ4n) is 6.12. The predicted molar refractivity (Wildman–Crippen MR) is 127 cm³/mol. The Morgan fingerprint density at radius 2 is 2.00 bits per heavy atom. The molecular weight excluding hydrogens is 414 g/mol. The van der Waals surface area contributed by atoms with Crippen LogP contribution in [0.3, 0.4) is 0 Å². The molecule has 4 aliphatic rings. The lowest BCUT2D eigenvalue weighted by Crippen LogP contribution is -2.39. The lowest BCUT2D eigenvalue weighted by molar-refractivity contribution is -0.133. The molecule has 176 valence electrons. The number of rotatable bonds is 4. The molecule has 2 aliphatic carbocycles. The molecule has 3 atom stereocenters. The summed E-state index contributed by atoms with van der Waals surface area (Å²) >= 11 is 0. The number of H-pyrrole nitrogens is 1. The Labute approximate surface area is 194 Å². The van der Waals surface area contributed by atoms with E-state index in [1.54, 1.807) is 4.52 Å². The number of likely N-dealkylation sites (tertiary alicyclic amines) is 1. The first-order valence-electron chi connectivity index (χ1n) is 12.9. The minimum absolute atomic E-state index is 0.0600. The molecule has 1 N–H and O–H groups in total. The summed E-state index contributed by atoms with van der Waals surface area (Å²) in [6.45, 7) is 6.55. The van der Waals surface area contributed by atoms with Crippen molar-refractivity contribution in [3.05, 3.63) is 45.5 Å². The maximum Gasteiger partial charge on any atom is 0.277 e. The number of hydrogen-bond donors (Lipinski definition) is 1. The average Bonchev–Trinajstić information content (AvgIpc) is 3.42. The van der Waals surface area contributed by atoms with E-state index in [2.05, 4.69) is 35.1 Å². The van der Waals surface area contributed by atoms with Gasteiger partial charge in [-0.15, -0.1) is 0 Å². The maximum absolute atomic E-state index is 13.4. The molecule has 7 nitrogen and oxygen atoms in total. The Hall–Kier alpha value is -2.41. The lowest BCUT2D eigenvalue weighted by atomic mass is 9.93. The number of hydrogen-bond acceptors (Lipinski definition) is 4. The summed E-state index contributed by atoms with van der Waals surface area (Å²) < 4.78 is 1.66. The molecule has 0 bridgehead atoms. The van der Waals surface area contributed by atoms with Crippen molar-refractivity contribution < 1.29 is 4.79 Å². The van der Waals surface area contributed by atoms with Gasteiger partial charge in [0.15, 0.2) is 5.65 Å². The minimum Gasteiger partial charge on any atom is -0.342 e. The molecule has 0 unspecified atom stereocenters. The Bertz CT molecular complexity index is 1140. The SMILES string of the molecule is C[C@@H]1C[C@H]1C(=O)N1CCC(c2cc3nc4c(c(=O)n3[nH]2)CN(C[C@H]2CC=CCC2)CC4)CC1. The summed E-state index contributed by atoms with van der Waals surface area (Å²) in [5.41, 5.74) is 3.72. The molecule has 2 aliphatic heterocycles. The lowest BCUT2D eigenvalue weighted by Gasteiger charge is -2.31. The van der Waals surface area contributed by atoms with Gasteiger partial charge in [0.1, 0.15) is 0 Å². The summed E-state index contributed by atoms with van der Waals surface area (Å²) in [5, 5.41) is 3.38. The standard InChI is InChI=1S/C26H35N5O2/c1-17-13-20(17)25(32)30-11-7-19(8-12-30)23-14-24-27-22-9-10-29(15-18-5-3-2-4-6-18)16-21(22)26(33)31(24)28-23/h2-3,14,17-20,28H,4-13,15-16H2,1H3/t17-,18+,20-/m1/s1. The second-order valence-corrected chi connectivity index (χ2v) is 10.8. The molecule has 1 amide bonds. The third kappa shape index (κ3) is 4.05. The van der Waals surface area contributed by atoms with E-state index in [0.29, 0.717) is 30.2 Å². The largest absolute Gasteiger partial charge is 0.342 e. The molecular formula is C26H35N5O2. The molecule has 33 heavy (non-hydrogen) atoms. The first-order chi connectivity index (χ1) is 16.1. The number of piperidine rings is 1.